The van der Waals surface area contributed by atoms with E-state index < -0.39 is 0 Å². The van der Waals surface area contributed by atoms with Gasteiger partial charge >= 0.3 is 0 Å². The third-order valence-corrected chi connectivity index (χ3v) is 2.36. The third kappa shape index (κ3) is 3.27. The largest absolute Gasteiger partial charge is 0.478 e. The second-order valence-electron chi connectivity index (χ2n) is 3.73. The van der Waals surface area contributed by atoms with Crippen molar-refractivity contribution in [2.75, 3.05) is 11.9 Å². The minimum atomic E-state index is -0.373. The van der Waals surface area contributed by atoms with Gasteiger partial charge in [-0.3, -0.25) is 9.89 Å². The second-order valence-corrected chi connectivity index (χ2v) is 3.73. The van der Waals surface area contributed by atoms with Gasteiger partial charge in [0.15, 0.2) is 0 Å². The van der Waals surface area contributed by atoms with Crippen molar-refractivity contribution < 1.29 is 9.53 Å². The number of rotatable bonds is 5. The Morgan fingerprint density at radius 3 is 2.84 bits per heavy atom. The smallest absolute Gasteiger partial charge is 0.295 e. The highest BCUT2D eigenvalue weighted by Crippen LogP contribution is 2.12. The number of nitrogens with zero attached hydrogens (tertiary/aromatic N) is 3. The van der Waals surface area contributed by atoms with E-state index in [2.05, 4.69) is 25.5 Å². The number of hydrogen-bond acceptors (Lipinski definition) is 5. The van der Waals surface area contributed by atoms with Crippen LogP contribution in [0.25, 0.3) is 0 Å². The number of hydrogen-bond donors (Lipinski definition) is 2. The Bertz CT molecular complexity index is 550. The molecule has 0 unspecified atom stereocenters. The normalized spacial score (nSPS) is 10.2. The number of carbonyl (C=O) groups is 1. The maximum absolute atomic E-state index is 11.8. The summed E-state index contributed by atoms with van der Waals surface area (Å²) in [4.78, 5) is 19.9. The molecule has 0 spiro atoms. The van der Waals surface area contributed by atoms with Crippen LogP contribution in [0.1, 0.15) is 30.3 Å². The lowest BCUT2D eigenvalue weighted by Crippen LogP contribution is -2.14. The van der Waals surface area contributed by atoms with Crippen molar-refractivity contribution in [3.05, 3.63) is 30.0 Å². The summed E-state index contributed by atoms with van der Waals surface area (Å²) < 4.78 is 5.21. The standard InChI is InChI=1S/C12H15N5O2/c1-3-9-15-11(17-16-9)12(18)14-8-5-6-10(13-7-8)19-4-2/h5-7H,3-4H2,1-2H3,(H,14,18)(H,15,16,17). The first kappa shape index (κ1) is 13.0. The SMILES string of the molecule is CCOc1ccc(NC(=O)c2n[nH]c(CC)n2)cn1. The molecule has 2 aromatic rings. The fourth-order valence-corrected chi connectivity index (χ4v) is 1.43. The van der Waals surface area contributed by atoms with Crippen molar-refractivity contribution in [1.82, 2.24) is 20.2 Å². The third-order valence-electron chi connectivity index (χ3n) is 2.36. The highest BCUT2D eigenvalue weighted by Gasteiger charge is 2.12. The van der Waals surface area contributed by atoms with E-state index in [1.165, 1.54) is 6.20 Å². The maximum atomic E-state index is 11.8. The molecule has 100 valence electrons. The van der Waals surface area contributed by atoms with Crippen LogP contribution in [0.15, 0.2) is 18.3 Å². The summed E-state index contributed by atoms with van der Waals surface area (Å²) in [6, 6.07) is 3.40. The average Bonchev–Trinajstić information content (AvgIpc) is 2.90. The Balaban J connectivity index is 2.01. The van der Waals surface area contributed by atoms with Crippen molar-refractivity contribution in [3.63, 3.8) is 0 Å². The van der Waals surface area contributed by atoms with Crippen LogP contribution < -0.4 is 10.1 Å². The van der Waals surface area contributed by atoms with E-state index in [9.17, 15) is 4.79 Å². The summed E-state index contributed by atoms with van der Waals surface area (Å²) in [5.41, 5.74) is 0.566. The Hall–Kier alpha value is -2.44. The molecule has 2 rings (SSSR count). The molecule has 0 bridgehead atoms. The van der Waals surface area contributed by atoms with E-state index in [0.717, 1.165) is 0 Å². The molecule has 0 aliphatic carbocycles. The number of aromatic nitrogens is 4. The van der Waals surface area contributed by atoms with Gasteiger partial charge in [-0.1, -0.05) is 6.92 Å². The van der Waals surface area contributed by atoms with E-state index in [0.29, 0.717) is 30.4 Å². The van der Waals surface area contributed by atoms with Gasteiger partial charge in [0.25, 0.3) is 5.91 Å². The second kappa shape index (κ2) is 5.94. The van der Waals surface area contributed by atoms with E-state index in [4.69, 9.17) is 4.74 Å². The fourth-order valence-electron chi connectivity index (χ4n) is 1.43. The van der Waals surface area contributed by atoms with Crippen molar-refractivity contribution in [1.29, 1.82) is 0 Å². The Kier molecular flexibility index (Phi) is 4.07. The number of carbonyl (C=O) groups excluding carboxylic acids is 1. The van der Waals surface area contributed by atoms with E-state index >= 15 is 0 Å². The van der Waals surface area contributed by atoms with E-state index in [-0.39, 0.29) is 11.7 Å². The number of amides is 1. The molecule has 7 heteroatoms. The predicted octanol–water partition coefficient (Wildman–Crippen LogP) is 1.41. The highest BCUT2D eigenvalue weighted by molar-refractivity contribution is 6.01. The van der Waals surface area contributed by atoms with Crippen molar-refractivity contribution in [2.24, 2.45) is 0 Å². The summed E-state index contributed by atoms with van der Waals surface area (Å²) in [6.07, 6.45) is 2.22. The van der Waals surface area contributed by atoms with Gasteiger partial charge in [-0.05, 0) is 13.0 Å². The number of aryl methyl sites for hydroxylation is 1. The Morgan fingerprint density at radius 2 is 2.26 bits per heavy atom. The van der Waals surface area contributed by atoms with E-state index in [1.807, 2.05) is 13.8 Å². The Morgan fingerprint density at radius 1 is 1.42 bits per heavy atom. The lowest BCUT2D eigenvalue weighted by molar-refractivity contribution is 0.101. The number of H-pyrrole nitrogens is 1. The molecular formula is C12H15N5O2. The minimum absolute atomic E-state index is 0.116. The van der Waals surface area contributed by atoms with Crippen molar-refractivity contribution in [2.45, 2.75) is 20.3 Å². The van der Waals surface area contributed by atoms with E-state index in [1.54, 1.807) is 12.1 Å². The molecule has 2 N–H and O–H groups in total. The lowest BCUT2D eigenvalue weighted by atomic mass is 10.4. The summed E-state index contributed by atoms with van der Waals surface area (Å²) in [5.74, 6) is 0.939. The predicted molar refractivity (Wildman–Crippen MR) is 69.1 cm³/mol. The first-order valence-corrected chi connectivity index (χ1v) is 6.04. The molecule has 0 aromatic carbocycles. The topological polar surface area (TPSA) is 92.8 Å². The average molecular weight is 261 g/mol. The molecule has 0 saturated carbocycles. The molecule has 2 heterocycles. The zero-order valence-corrected chi connectivity index (χ0v) is 10.8. The molecule has 0 atom stereocenters. The van der Waals surface area contributed by atoms with Gasteiger partial charge in [-0.15, -0.1) is 5.10 Å². The number of pyridine rings is 1. The monoisotopic (exact) mass is 261 g/mol. The minimum Gasteiger partial charge on any atom is -0.478 e. The van der Waals surface area contributed by atoms with Gasteiger partial charge in [0.1, 0.15) is 5.82 Å². The van der Waals surface area contributed by atoms with Crippen molar-refractivity contribution >= 4 is 11.6 Å². The number of ether oxygens (including phenoxy) is 1. The molecule has 1 amide bonds. The molecule has 2 aromatic heterocycles. The van der Waals surface area contributed by atoms with Gasteiger partial charge in [0.2, 0.25) is 11.7 Å². The molecule has 0 fully saturated rings. The van der Waals surface area contributed by atoms with Gasteiger partial charge in [-0.2, -0.15) is 0 Å². The molecule has 19 heavy (non-hydrogen) atoms. The molecule has 0 saturated heterocycles. The van der Waals surface area contributed by atoms with Crippen LogP contribution in [0.4, 0.5) is 5.69 Å². The quantitative estimate of drug-likeness (QED) is 0.849. The Labute approximate surface area is 110 Å². The van der Waals surface area contributed by atoms with Crippen LogP contribution in [0.5, 0.6) is 5.88 Å². The fraction of sp³-hybridized carbons (Fsp3) is 0.333. The molecule has 0 radical (unpaired) electrons. The number of nitrogens with one attached hydrogen (secondary N) is 2. The van der Waals surface area contributed by atoms with Gasteiger partial charge < -0.3 is 10.1 Å². The summed E-state index contributed by atoms with van der Waals surface area (Å²) in [7, 11) is 0. The van der Waals surface area contributed by atoms with Crippen LogP contribution in [0.3, 0.4) is 0 Å². The lowest BCUT2D eigenvalue weighted by Gasteiger charge is -2.04. The molecular weight excluding hydrogens is 246 g/mol. The summed E-state index contributed by atoms with van der Waals surface area (Å²) in [5, 5.41) is 9.19. The van der Waals surface area contributed by atoms with Crippen molar-refractivity contribution in [3.8, 4) is 5.88 Å². The number of anilines is 1. The van der Waals surface area contributed by atoms with Gasteiger partial charge in [-0.25, -0.2) is 9.97 Å². The van der Waals surface area contributed by atoms with Crippen LogP contribution in [-0.4, -0.2) is 32.7 Å². The zero-order valence-electron chi connectivity index (χ0n) is 10.8. The first-order chi connectivity index (χ1) is 9.22. The summed E-state index contributed by atoms with van der Waals surface area (Å²) in [6.45, 7) is 4.36. The molecule has 7 nitrogen and oxygen atoms in total. The highest BCUT2D eigenvalue weighted by atomic mass is 16.5. The maximum Gasteiger partial charge on any atom is 0.295 e. The zero-order chi connectivity index (χ0) is 13.7. The molecule has 0 aliphatic rings. The van der Waals surface area contributed by atoms with Crippen LogP contribution in [-0.2, 0) is 6.42 Å². The molecule has 0 aliphatic heterocycles. The number of aromatic amines is 1. The van der Waals surface area contributed by atoms with Gasteiger partial charge in [0, 0.05) is 12.5 Å². The van der Waals surface area contributed by atoms with Crippen LogP contribution >= 0.6 is 0 Å². The van der Waals surface area contributed by atoms with Crippen LogP contribution in [0, 0.1) is 0 Å². The first-order valence-electron chi connectivity index (χ1n) is 6.04. The summed E-state index contributed by atoms with van der Waals surface area (Å²) >= 11 is 0. The van der Waals surface area contributed by atoms with Gasteiger partial charge in [0.05, 0.1) is 18.5 Å². The van der Waals surface area contributed by atoms with Crippen LogP contribution in [0.2, 0.25) is 0 Å².